The second-order valence-corrected chi connectivity index (χ2v) is 9.53. The van der Waals surface area contributed by atoms with Crippen LogP contribution in [0.2, 0.25) is 0 Å². The van der Waals surface area contributed by atoms with Crippen molar-refractivity contribution in [2.75, 3.05) is 7.11 Å². The van der Waals surface area contributed by atoms with Crippen LogP contribution in [0.15, 0.2) is 48.5 Å². The molecule has 0 radical (unpaired) electrons. The number of fused-ring (bicyclic) bond motifs is 1. The van der Waals surface area contributed by atoms with Gasteiger partial charge in [-0.25, -0.2) is 9.78 Å². The van der Waals surface area contributed by atoms with Gasteiger partial charge in [0.1, 0.15) is 12.1 Å². The van der Waals surface area contributed by atoms with Crippen LogP contribution in [-0.2, 0) is 19.2 Å². The number of hydrogen-bond donors (Lipinski definition) is 1. The van der Waals surface area contributed by atoms with Crippen molar-refractivity contribution in [2.45, 2.75) is 39.1 Å². The summed E-state index contributed by atoms with van der Waals surface area (Å²) < 4.78 is 57.6. The molecule has 12 heteroatoms. The summed E-state index contributed by atoms with van der Waals surface area (Å²) >= 11 is 2.19. The summed E-state index contributed by atoms with van der Waals surface area (Å²) in [6, 6.07) is 11.5. The molecule has 4 rings (SSSR count). The van der Waals surface area contributed by atoms with Crippen LogP contribution in [0.25, 0.3) is 11.2 Å². The van der Waals surface area contributed by atoms with Crippen molar-refractivity contribution in [1.29, 1.82) is 0 Å². The molecule has 0 fully saturated rings. The van der Waals surface area contributed by atoms with Gasteiger partial charge >= 0.3 is 18.3 Å². The number of nitrogens with two attached hydrogens (primary N) is 1. The molecule has 1 amide bonds. The monoisotopic (exact) mass is 640 g/mol. The van der Waals surface area contributed by atoms with Crippen LogP contribution in [-0.4, -0.2) is 27.7 Å². The molecule has 8 nitrogen and oxygen atoms in total. The van der Waals surface area contributed by atoms with Crippen molar-refractivity contribution in [2.24, 2.45) is 5.73 Å². The predicted molar refractivity (Wildman–Crippen MR) is 142 cm³/mol. The molecule has 0 saturated heterocycles. The van der Waals surface area contributed by atoms with Gasteiger partial charge in [-0.15, -0.1) is 0 Å². The van der Waals surface area contributed by atoms with Crippen LogP contribution in [0.5, 0.6) is 17.5 Å². The summed E-state index contributed by atoms with van der Waals surface area (Å²) in [5.41, 5.74) is 7.88. The lowest BCUT2D eigenvalue weighted by Gasteiger charge is -2.19. The Bertz CT molecular complexity index is 1470. The number of carbonyl (C=O) groups excluding carboxylic acids is 1. The fourth-order valence-corrected chi connectivity index (χ4v) is 4.73. The van der Waals surface area contributed by atoms with E-state index in [1.807, 2.05) is 26.0 Å². The molecular weight excluding hydrogens is 616 g/mol. The Hall–Kier alpha value is -3.55. The second-order valence-electron chi connectivity index (χ2n) is 8.37. The third-order valence-electron chi connectivity index (χ3n) is 5.92. The average Bonchev–Trinajstić information content (AvgIpc) is 3.21. The topological polar surface area (TPSA) is 101 Å². The van der Waals surface area contributed by atoms with E-state index in [0.29, 0.717) is 34.6 Å². The molecule has 0 saturated carbocycles. The van der Waals surface area contributed by atoms with Crippen LogP contribution in [0.3, 0.4) is 0 Å². The second kappa shape index (κ2) is 11.1. The van der Waals surface area contributed by atoms with E-state index in [-0.39, 0.29) is 12.6 Å². The van der Waals surface area contributed by atoms with E-state index in [1.165, 1.54) is 19.2 Å². The fraction of sp³-hybridized carbons (Fsp3) is 0.269. The Morgan fingerprint density at radius 1 is 1.11 bits per heavy atom. The fourth-order valence-electron chi connectivity index (χ4n) is 3.94. The van der Waals surface area contributed by atoms with E-state index in [2.05, 4.69) is 27.6 Å². The first kappa shape index (κ1) is 27.5. The maximum atomic E-state index is 12.8. The van der Waals surface area contributed by atoms with Crippen LogP contribution in [0.4, 0.5) is 18.0 Å². The third kappa shape index (κ3) is 5.79. The number of alkyl halides is 3. The van der Waals surface area contributed by atoms with E-state index in [0.717, 1.165) is 27.0 Å². The maximum Gasteiger partial charge on any atom is 0.416 e. The van der Waals surface area contributed by atoms with Gasteiger partial charge in [-0.3, -0.25) is 4.57 Å². The molecule has 1 unspecified atom stereocenters. The number of primary amides is 1. The van der Waals surface area contributed by atoms with Crippen molar-refractivity contribution >= 4 is 39.8 Å². The molecule has 0 aliphatic carbocycles. The summed E-state index contributed by atoms with van der Waals surface area (Å²) in [6.07, 6.45) is -4.69. The van der Waals surface area contributed by atoms with E-state index < -0.39 is 23.9 Å². The number of aryl methyl sites for hydroxylation is 1. The standard InChI is InChI=1S/C26H24F3IN4O4/c1-4-19-18(30)12-20-23(32-19)34(25(33-20)38-24(31)35)14(2)16-7-10-21(22(11-16)36-3)37-13-15-5-8-17(9-6-15)26(27,28)29/h5-12,14H,4,13H2,1-3H3,(H2,31,35). The molecule has 4 aromatic rings. The number of methoxy groups -OCH3 is 1. The highest BCUT2D eigenvalue weighted by molar-refractivity contribution is 14.1. The van der Waals surface area contributed by atoms with Crippen molar-refractivity contribution in [3.63, 3.8) is 0 Å². The van der Waals surface area contributed by atoms with Crippen LogP contribution in [0, 0.1) is 3.57 Å². The van der Waals surface area contributed by atoms with Gasteiger partial charge in [0.2, 0.25) is 0 Å². The van der Waals surface area contributed by atoms with Gasteiger partial charge in [0, 0.05) is 3.57 Å². The number of ether oxygens (including phenoxy) is 3. The number of halogens is 4. The van der Waals surface area contributed by atoms with E-state index >= 15 is 0 Å². The zero-order chi connectivity index (χ0) is 27.6. The minimum Gasteiger partial charge on any atom is -0.493 e. The Morgan fingerprint density at radius 2 is 1.82 bits per heavy atom. The van der Waals surface area contributed by atoms with E-state index in [4.69, 9.17) is 24.9 Å². The Labute approximate surface area is 230 Å². The molecule has 0 bridgehead atoms. The minimum atomic E-state index is -4.40. The highest BCUT2D eigenvalue weighted by atomic mass is 127. The predicted octanol–water partition coefficient (Wildman–Crippen LogP) is 6.27. The van der Waals surface area contributed by atoms with Crippen LogP contribution >= 0.6 is 22.6 Å². The average molecular weight is 640 g/mol. The Morgan fingerprint density at radius 3 is 2.42 bits per heavy atom. The maximum absolute atomic E-state index is 12.8. The number of benzene rings is 2. The summed E-state index contributed by atoms with van der Waals surface area (Å²) in [7, 11) is 1.49. The number of nitrogens with zero attached hydrogens (tertiary/aromatic N) is 3. The molecule has 2 heterocycles. The van der Waals surface area contributed by atoms with Crippen molar-refractivity contribution in [1.82, 2.24) is 14.5 Å². The number of imidazole rings is 1. The van der Waals surface area contributed by atoms with E-state index in [9.17, 15) is 18.0 Å². The summed E-state index contributed by atoms with van der Waals surface area (Å²) in [5, 5.41) is 0. The van der Waals surface area contributed by atoms with Crippen molar-refractivity contribution in [3.8, 4) is 17.5 Å². The lowest BCUT2D eigenvalue weighted by atomic mass is 10.1. The summed E-state index contributed by atoms with van der Waals surface area (Å²) in [4.78, 5) is 20.8. The number of aromatic nitrogens is 3. The summed E-state index contributed by atoms with van der Waals surface area (Å²) in [6.45, 7) is 3.93. The van der Waals surface area contributed by atoms with Crippen LogP contribution < -0.4 is 19.9 Å². The summed E-state index contributed by atoms with van der Waals surface area (Å²) in [5.74, 6) is 0.827. The highest BCUT2D eigenvalue weighted by Gasteiger charge is 2.30. The molecule has 1 atom stereocenters. The zero-order valence-corrected chi connectivity index (χ0v) is 22.8. The third-order valence-corrected chi connectivity index (χ3v) is 6.85. The first-order chi connectivity index (χ1) is 18.0. The highest BCUT2D eigenvalue weighted by Crippen LogP contribution is 2.36. The molecule has 2 aromatic heterocycles. The number of carbonyl (C=O) groups is 1. The van der Waals surface area contributed by atoms with Crippen molar-refractivity contribution < 1.29 is 32.2 Å². The minimum absolute atomic E-state index is 0.0122. The lowest BCUT2D eigenvalue weighted by molar-refractivity contribution is -0.137. The zero-order valence-electron chi connectivity index (χ0n) is 20.7. The molecule has 2 N–H and O–H groups in total. The lowest BCUT2D eigenvalue weighted by Crippen LogP contribution is -2.20. The Kier molecular flexibility index (Phi) is 7.99. The quantitative estimate of drug-likeness (QED) is 0.228. The van der Waals surface area contributed by atoms with E-state index in [1.54, 1.807) is 16.7 Å². The molecule has 0 spiro atoms. The van der Waals surface area contributed by atoms with Gasteiger partial charge in [-0.1, -0.05) is 25.1 Å². The smallest absolute Gasteiger partial charge is 0.416 e. The number of pyridine rings is 1. The molecular formula is C26H24F3IN4O4. The number of hydrogen-bond acceptors (Lipinski definition) is 6. The largest absolute Gasteiger partial charge is 0.493 e. The SMILES string of the molecule is CCc1nc2c(cc1I)nc(OC(N)=O)n2C(C)c1ccc(OCc2ccc(C(F)(F)F)cc2)c(OC)c1. The Balaban J connectivity index is 1.64. The molecule has 200 valence electrons. The first-order valence-electron chi connectivity index (χ1n) is 11.5. The van der Waals surface area contributed by atoms with Crippen LogP contribution in [0.1, 0.15) is 42.3 Å². The molecule has 0 aliphatic heterocycles. The van der Waals surface area contributed by atoms with Gasteiger partial charge < -0.3 is 19.9 Å². The van der Waals surface area contributed by atoms with Gasteiger partial charge in [-0.2, -0.15) is 18.2 Å². The van der Waals surface area contributed by atoms with Gasteiger partial charge in [-0.05, 0) is 77.4 Å². The van der Waals surface area contributed by atoms with Crippen molar-refractivity contribution in [3.05, 3.63) is 74.5 Å². The van der Waals surface area contributed by atoms with Gasteiger partial charge in [0.15, 0.2) is 17.1 Å². The number of amides is 1. The molecule has 2 aromatic carbocycles. The normalized spacial score (nSPS) is 12.4. The first-order valence-corrected chi connectivity index (χ1v) is 12.6. The number of rotatable bonds is 8. The molecule has 0 aliphatic rings. The molecule has 38 heavy (non-hydrogen) atoms. The van der Waals surface area contributed by atoms with Gasteiger partial charge in [0.25, 0.3) is 0 Å². The van der Waals surface area contributed by atoms with Gasteiger partial charge in [0.05, 0.1) is 24.4 Å².